The predicted molar refractivity (Wildman–Crippen MR) is 128 cm³/mol. The molecule has 4 aromatic rings. The van der Waals surface area contributed by atoms with Crippen molar-refractivity contribution in [1.82, 2.24) is 19.8 Å². The third kappa shape index (κ3) is 3.93. The first-order valence-electron chi connectivity index (χ1n) is 12.0. The van der Waals surface area contributed by atoms with E-state index in [1.807, 2.05) is 0 Å². The summed E-state index contributed by atoms with van der Waals surface area (Å²) in [7, 11) is 0. The van der Waals surface area contributed by atoms with E-state index in [-0.39, 0.29) is 47.8 Å². The van der Waals surface area contributed by atoms with Crippen LogP contribution < -0.4 is 4.74 Å². The summed E-state index contributed by atoms with van der Waals surface area (Å²) in [6.45, 7) is 0.165. The highest BCUT2D eigenvalue weighted by atomic mass is 19.2. The summed E-state index contributed by atoms with van der Waals surface area (Å²) in [5, 5.41) is 0. The van der Waals surface area contributed by atoms with Crippen molar-refractivity contribution in [3.05, 3.63) is 94.1 Å². The van der Waals surface area contributed by atoms with Gasteiger partial charge in [-0.05, 0) is 18.2 Å². The number of ketones is 1. The average Bonchev–Trinajstić information content (AvgIpc) is 3.40. The number of H-pyrrole nitrogens is 1. The minimum Gasteiger partial charge on any atom is -0.416 e. The number of esters is 1. The number of nitrogens with zero attached hydrogens (tertiary/aromatic N) is 3. The molecule has 2 aromatic carbocycles. The molecule has 4 heterocycles. The molecule has 0 aliphatic carbocycles. The first-order valence-corrected chi connectivity index (χ1v) is 12.0. The lowest BCUT2D eigenvalue weighted by molar-refractivity contribution is -0.131. The van der Waals surface area contributed by atoms with Gasteiger partial charge in [-0.2, -0.15) is 8.78 Å². The van der Waals surface area contributed by atoms with Crippen LogP contribution in [0.3, 0.4) is 0 Å². The van der Waals surface area contributed by atoms with Crippen molar-refractivity contribution in [1.29, 1.82) is 0 Å². The molecule has 14 heteroatoms. The number of carbonyl (C=O) groups excluding carboxylic acids is 4. The molecule has 1 fully saturated rings. The van der Waals surface area contributed by atoms with E-state index in [2.05, 4.69) is 14.7 Å². The van der Waals surface area contributed by atoms with Crippen molar-refractivity contribution >= 4 is 34.6 Å². The van der Waals surface area contributed by atoms with Crippen molar-refractivity contribution < 1.29 is 45.9 Å². The number of fused-ring (bicyclic) bond motifs is 5. The number of Topliss-reactive ketones (excluding diaryl/α,β-unsaturated/α-hetero) is 1. The second-order valence-electron chi connectivity index (χ2n) is 9.25. The zero-order valence-electron chi connectivity index (χ0n) is 20.5. The van der Waals surface area contributed by atoms with Crippen LogP contribution in [0.15, 0.2) is 42.6 Å². The standard InChI is InChI=1S/C27H15F5N4O5/c28-15-16(29)18(31)24(19(32)17(15)30)41-27(40)12-6-7-33-22-14-21(34-20(12)22)13-10-35(8-9-36(13)26(39)23(14)37)25(38)11-4-2-1-3-5-11/h1-7,13,34H,8-10H2. The number of hydrogen-bond acceptors (Lipinski definition) is 6. The number of benzene rings is 2. The molecule has 1 N–H and O–H groups in total. The average molecular weight is 570 g/mol. The molecule has 41 heavy (non-hydrogen) atoms. The zero-order chi connectivity index (χ0) is 29.2. The van der Waals surface area contributed by atoms with Crippen molar-refractivity contribution in [2.24, 2.45) is 0 Å². The maximum atomic E-state index is 14.1. The Kier molecular flexibility index (Phi) is 6.05. The number of halogens is 5. The lowest BCUT2D eigenvalue weighted by Gasteiger charge is -2.43. The lowest BCUT2D eigenvalue weighted by Crippen LogP contribution is -2.56. The van der Waals surface area contributed by atoms with Gasteiger partial charge in [-0.15, -0.1) is 0 Å². The predicted octanol–water partition coefficient (Wildman–Crippen LogP) is 3.70. The van der Waals surface area contributed by atoms with E-state index in [4.69, 9.17) is 0 Å². The molecule has 2 aliphatic heterocycles. The van der Waals surface area contributed by atoms with Crippen LogP contribution in [0.1, 0.15) is 42.8 Å². The molecule has 208 valence electrons. The van der Waals surface area contributed by atoms with Crippen LogP contribution in [-0.4, -0.2) is 63.0 Å². The first kappa shape index (κ1) is 26.1. The Balaban J connectivity index is 1.40. The van der Waals surface area contributed by atoms with Gasteiger partial charge in [-0.25, -0.2) is 18.0 Å². The summed E-state index contributed by atoms with van der Waals surface area (Å²) in [4.78, 5) is 61.8. The van der Waals surface area contributed by atoms with Gasteiger partial charge in [0.2, 0.25) is 34.8 Å². The van der Waals surface area contributed by atoms with Gasteiger partial charge in [0.15, 0.2) is 0 Å². The SMILES string of the molecule is O=C1C(=O)N2CCN(C(=O)c3ccccc3)CC2c2[nH]c3c(C(=O)Oc4c(F)c(F)c(F)c(F)c4F)ccnc3c21. The van der Waals surface area contributed by atoms with Gasteiger partial charge >= 0.3 is 5.97 Å². The van der Waals surface area contributed by atoms with Crippen LogP contribution in [0.5, 0.6) is 5.75 Å². The molecule has 2 aromatic heterocycles. The van der Waals surface area contributed by atoms with Gasteiger partial charge in [0.05, 0.1) is 28.4 Å². The van der Waals surface area contributed by atoms with Crippen molar-refractivity contribution in [2.75, 3.05) is 19.6 Å². The molecule has 6 rings (SSSR count). The zero-order valence-corrected chi connectivity index (χ0v) is 20.5. The second kappa shape index (κ2) is 9.50. The molecule has 2 aliphatic rings. The van der Waals surface area contributed by atoms with Crippen LogP contribution in [0.4, 0.5) is 22.0 Å². The summed E-state index contributed by atoms with van der Waals surface area (Å²) >= 11 is 0. The Morgan fingerprint density at radius 3 is 2.24 bits per heavy atom. The van der Waals surface area contributed by atoms with Gasteiger partial charge in [0.1, 0.15) is 5.52 Å². The minimum absolute atomic E-state index is 0.0170. The highest BCUT2D eigenvalue weighted by molar-refractivity contribution is 6.46. The van der Waals surface area contributed by atoms with Gasteiger partial charge in [0.25, 0.3) is 17.6 Å². The fourth-order valence-corrected chi connectivity index (χ4v) is 5.03. The molecule has 0 bridgehead atoms. The maximum absolute atomic E-state index is 14.1. The van der Waals surface area contributed by atoms with E-state index >= 15 is 0 Å². The van der Waals surface area contributed by atoms with Gasteiger partial charge in [-0.3, -0.25) is 19.4 Å². The fraction of sp³-hybridized carbons (Fsp3) is 0.148. The topological polar surface area (TPSA) is 113 Å². The van der Waals surface area contributed by atoms with E-state index in [0.717, 1.165) is 12.3 Å². The highest BCUT2D eigenvalue weighted by Crippen LogP contribution is 2.38. The Morgan fingerprint density at radius 2 is 1.56 bits per heavy atom. The smallest absolute Gasteiger partial charge is 0.346 e. The highest BCUT2D eigenvalue weighted by Gasteiger charge is 2.45. The van der Waals surface area contributed by atoms with Gasteiger partial charge in [0, 0.05) is 31.4 Å². The molecule has 2 amide bonds. The van der Waals surface area contributed by atoms with Gasteiger partial charge in [-0.1, -0.05) is 18.2 Å². The quantitative estimate of drug-likeness (QED) is 0.100. The first-order chi connectivity index (χ1) is 19.6. The van der Waals surface area contributed by atoms with Crippen LogP contribution in [0, 0.1) is 29.1 Å². The van der Waals surface area contributed by atoms with Crippen LogP contribution in [0.2, 0.25) is 0 Å². The Bertz CT molecular complexity index is 1780. The normalized spacial score (nSPS) is 16.6. The Hall–Kier alpha value is -5.14. The van der Waals surface area contributed by atoms with Crippen molar-refractivity contribution in [2.45, 2.75) is 6.04 Å². The Labute approximate surface area is 226 Å². The molecule has 9 nitrogen and oxygen atoms in total. The third-order valence-corrected chi connectivity index (χ3v) is 7.00. The van der Waals surface area contributed by atoms with E-state index in [9.17, 15) is 41.1 Å². The molecule has 1 unspecified atom stereocenters. The van der Waals surface area contributed by atoms with Gasteiger partial charge < -0.3 is 19.5 Å². The molecule has 0 saturated carbocycles. The minimum atomic E-state index is -2.43. The summed E-state index contributed by atoms with van der Waals surface area (Å²) in [6.07, 6.45) is 1.04. The van der Waals surface area contributed by atoms with Crippen molar-refractivity contribution in [3.63, 3.8) is 0 Å². The lowest BCUT2D eigenvalue weighted by atomic mass is 9.94. The Morgan fingerprint density at radius 1 is 0.902 bits per heavy atom. The van der Waals surface area contributed by atoms with E-state index in [1.165, 1.54) is 9.80 Å². The number of ether oxygens (including phenoxy) is 1. The van der Waals surface area contributed by atoms with Crippen LogP contribution >= 0.6 is 0 Å². The summed E-state index contributed by atoms with van der Waals surface area (Å²) < 4.78 is 73.5. The van der Waals surface area contributed by atoms with Crippen LogP contribution in [0.25, 0.3) is 11.0 Å². The number of piperazine rings is 1. The van der Waals surface area contributed by atoms with E-state index < -0.39 is 64.1 Å². The van der Waals surface area contributed by atoms with Crippen LogP contribution in [-0.2, 0) is 4.79 Å². The number of hydrogen-bond donors (Lipinski definition) is 1. The molecular formula is C27H15F5N4O5. The molecule has 0 spiro atoms. The number of carbonyl (C=O) groups is 4. The number of rotatable bonds is 3. The number of aromatic nitrogens is 2. The maximum Gasteiger partial charge on any atom is 0.346 e. The fourth-order valence-electron chi connectivity index (χ4n) is 5.03. The third-order valence-electron chi connectivity index (χ3n) is 7.00. The van der Waals surface area contributed by atoms with E-state index in [0.29, 0.717) is 5.56 Å². The number of aromatic amines is 1. The summed E-state index contributed by atoms with van der Waals surface area (Å²) in [5.41, 5.74) is -0.411. The largest absolute Gasteiger partial charge is 0.416 e. The monoisotopic (exact) mass is 570 g/mol. The molecular weight excluding hydrogens is 555 g/mol. The number of nitrogens with one attached hydrogen (secondary N) is 1. The molecule has 1 saturated heterocycles. The van der Waals surface area contributed by atoms with Crippen molar-refractivity contribution in [3.8, 4) is 5.75 Å². The second-order valence-corrected chi connectivity index (χ2v) is 9.25. The van der Waals surface area contributed by atoms with E-state index in [1.54, 1.807) is 30.3 Å². The number of pyridine rings is 1. The summed E-state index contributed by atoms with van der Waals surface area (Å²) in [6, 6.07) is 8.59. The number of amides is 2. The summed E-state index contributed by atoms with van der Waals surface area (Å²) in [5.74, 6) is -17.2. The molecule has 0 radical (unpaired) electrons. The molecule has 1 atom stereocenters.